The van der Waals surface area contributed by atoms with Crippen LogP contribution in [0.1, 0.15) is 46.5 Å². The second-order valence-electron chi connectivity index (χ2n) is 5.05. The Balaban J connectivity index is 2.70. The lowest BCUT2D eigenvalue weighted by Crippen LogP contribution is -2.06. The van der Waals surface area contributed by atoms with E-state index in [-0.39, 0.29) is 0 Å². The molecule has 0 heteroatoms. The number of hydrogen-bond donors (Lipinski definition) is 0. The molecule has 0 fully saturated rings. The first-order valence-corrected chi connectivity index (χ1v) is 6.11. The predicted molar refractivity (Wildman–Crippen MR) is 68.8 cm³/mol. The van der Waals surface area contributed by atoms with E-state index in [0.717, 1.165) is 18.8 Å². The van der Waals surface area contributed by atoms with Crippen molar-refractivity contribution in [3.8, 4) is 0 Å². The number of allylic oxidation sites excluding steroid dienone is 5. The fourth-order valence-corrected chi connectivity index (χ4v) is 2.00. The van der Waals surface area contributed by atoms with Crippen molar-refractivity contribution in [3.05, 3.63) is 36.0 Å². The fourth-order valence-electron chi connectivity index (χ4n) is 2.00. The molecule has 84 valence electrons. The standard InChI is InChI=1S/C15H24/c1-12(2)15-10-8-13(3)6-5-7-14(4)9-11-15/h7-8,10,12,15H,3,5-6,9,11H2,1-2,4H3/b10-8-,14-7?/t15-/m0/s1. The number of hydrogen-bond acceptors (Lipinski definition) is 0. The predicted octanol–water partition coefficient (Wildman–Crippen LogP) is 4.89. The van der Waals surface area contributed by atoms with Gasteiger partial charge in [-0.25, -0.2) is 0 Å². The van der Waals surface area contributed by atoms with E-state index in [1.165, 1.54) is 18.4 Å². The maximum Gasteiger partial charge on any atom is -0.0204 e. The highest BCUT2D eigenvalue weighted by atomic mass is 14.2. The molecule has 0 radical (unpaired) electrons. The molecule has 0 amide bonds. The minimum absolute atomic E-state index is 0.711. The molecule has 1 atom stereocenters. The molecule has 0 N–H and O–H groups in total. The van der Waals surface area contributed by atoms with Crippen LogP contribution < -0.4 is 0 Å². The molecule has 0 saturated carbocycles. The second kappa shape index (κ2) is 5.95. The zero-order valence-electron chi connectivity index (χ0n) is 10.4. The van der Waals surface area contributed by atoms with Gasteiger partial charge in [0.2, 0.25) is 0 Å². The van der Waals surface area contributed by atoms with E-state index in [1.54, 1.807) is 5.57 Å². The van der Waals surface area contributed by atoms with E-state index < -0.39 is 0 Å². The minimum atomic E-state index is 0.711. The van der Waals surface area contributed by atoms with E-state index in [0.29, 0.717) is 5.92 Å². The van der Waals surface area contributed by atoms with Crippen molar-refractivity contribution in [2.45, 2.75) is 46.5 Å². The van der Waals surface area contributed by atoms with Crippen molar-refractivity contribution in [3.63, 3.8) is 0 Å². The van der Waals surface area contributed by atoms with E-state index in [4.69, 9.17) is 0 Å². The quantitative estimate of drug-likeness (QED) is 0.533. The lowest BCUT2D eigenvalue weighted by atomic mass is 9.88. The molecule has 0 aromatic rings. The first-order valence-electron chi connectivity index (χ1n) is 6.11. The van der Waals surface area contributed by atoms with E-state index in [1.807, 2.05) is 0 Å². The SMILES string of the molecule is C=C1/C=C\[C@H](C(C)C)CCC(C)=CCC1. The molecule has 1 aliphatic carbocycles. The minimum Gasteiger partial charge on any atom is -0.0958 e. The molecule has 0 aromatic carbocycles. The normalized spacial score (nSPS) is 26.3. The molecule has 0 bridgehead atoms. The topological polar surface area (TPSA) is 0 Å². The summed E-state index contributed by atoms with van der Waals surface area (Å²) in [6.07, 6.45) is 11.8. The molecule has 0 spiro atoms. The van der Waals surface area contributed by atoms with Crippen LogP contribution in [0.25, 0.3) is 0 Å². The molecule has 0 aliphatic heterocycles. The Morgan fingerprint density at radius 3 is 2.73 bits per heavy atom. The molecule has 15 heavy (non-hydrogen) atoms. The summed E-state index contributed by atoms with van der Waals surface area (Å²) in [6, 6.07) is 0. The van der Waals surface area contributed by atoms with Crippen LogP contribution in [-0.4, -0.2) is 0 Å². The van der Waals surface area contributed by atoms with Gasteiger partial charge < -0.3 is 0 Å². The fraction of sp³-hybridized carbons (Fsp3) is 0.600. The van der Waals surface area contributed by atoms with Crippen LogP contribution in [0.4, 0.5) is 0 Å². The Morgan fingerprint density at radius 1 is 1.33 bits per heavy atom. The van der Waals surface area contributed by atoms with Crippen molar-refractivity contribution >= 4 is 0 Å². The summed E-state index contributed by atoms with van der Waals surface area (Å²) in [4.78, 5) is 0. The molecule has 1 aliphatic rings. The summed E-state index contributed by atoms with van der Waals surface area (Å²) < 4.78 is 0. The van der Waals surface area contributed by atoms with Crippen LogP contribution >= 0.6 is 0 Å². The summed E-state index contributed by atoms with van der Waals surface area (Å²) in [5, 5.41) is 0. The van der Waals surface area contributed by atoms with Crippen LogP contribution in [0.3, 0.4) is 0 Å². The van der Waals surface area contributed by atoms with Gasteiger partial charge in [-0.05, 0) is 44.4 Å². The monoisotopic (exact) mass is 204 g/mol. The Kier molecular flexibility index (Phi) is 4.87. The molecule has 0 saturated heterocycles. The maximum absolute atomic E-state index is 4.09. The number of rotatable bonds is 1. The molecule has 0 unspecified atom stereocenters. The maximum atomic E-state index is 4.09. The van der Waals surface area contributed by atoms with Crippen LogP contribution in [-0.2, 0) is 0 Å². The van der Waals surface area contributed by atoms with Crippen molar-refractivity contribution in [1.29, 1.82) is 0 Å². The Bertz CT molecular complexity index is 266. The van der Waals surface area contributed by atoms with Gasteiger partial charge in [-0.2, -0.15) is 0 Å². The van der Waals surface area contributed by atoms with Gasteiger partial charge in [0, 0.05) is 0 Å². The van der Waals surface area contributed by atoms with Crippen LogP contribution in [0.2, 0.25) is 0 Å². The Hall–Kier alpha value is -0.780. The molecule has 0 aromatic heterocycles. The van der Waals surface area contributed by atoms with Gasteiger partial charge in [-0.15, -0.1) is 0 Å². The van der Waals surface area contributed by atoms with Crippen LogP contribution in [0, 0.1) is 11.8 Å². The van der Waals surface area contributed by atoms with Gasteiger partial charge in [0.25, 0.3) is 0 Å². The third-order valence-electron chi connectivity index (χ3n) is 3.27. The van der Waals surface area contributed by atoms with E-state index in [9.17, 15) is 0 Å². The highest BCUT2D eigenvalue weighted by Crippen LogP contribution is 2.24. The lowest BCUT2D eigenvalue weighted by Gasteiger charge is -2.18. The average molecular weight is 204 g/mol. The van der Waals surface area contributed by atoms with Crippen LogP contribution in [0.15, 0.2) is 36.0 Å². The summed E-state index contributed by atoms with van der Waals surface area (Å²) in [7, 11) is 0. The van der Waals surface area contributed by atoms with E-state index >= 15 is 0 Å². The summed E-state index contributed by atoms with van der Waals surface area (Å²) >= 11 is 0. The summed E-state index contributed by atoms with van der Waals surface area (Å²) in [6.45, 7) is 11.0. The van der Waals surface area contributed by atoms with Gasteiger partial charge in [0.1, 0.15) is 0 Å². The third kappa shape index (κ3) is 4.51. The summed E-state index contributed by atoms with van der Waals surface area (Å²) in [5.74, 6) is 1.45. The van der Waals surface area contributed by atoms with E-state index in [2.05, 4.69) is 45.6 Å². The van der Waals surface area contributed by atoms with Crippen molar-refractivity contribution in [1.82, 2.24) is 0 Å². The zero-order chi connectivity index (χ0) is 11.3. The third-order valence-corrected chi connectivity index (χ3v) is 3.27. The second-order valence-corrected chi connectivity index (χ2v) is 5.05. The van der Waals surface area contributed by atoms with Gasteiger partial charge in [-0.3, -0.25) is 0 Å². The Morgan fingerprint density at radius 2 is 2.07 bits per heavy atom. The van der Waals surface area contributed by atoms with Gasteiger partial charge in [-0.1, -0.05) is 49.8 Å². The van der Waals surface area contributed by atoms with Gasteiger partial charge >= 0.3 is 0 Å². The molecule has 0 heterocycles. The average Bonchev–Trinajstić information content (AvgIpc) is 2.16. The first kappa shape index (κ1) is 12.3. The highest BCUT2D eigenvalue weighted by Gasteiger charge is 2.10. The van der Waals surface area contributed by atoms with Crippen molar-refractivity contribution < 1.29 is 0 Å². The van der Waals surface area contributed by atoms with Gasteiger partial charge in [0.15, 0.2) is 0 Å². The molecular formula is C15H24. The van der Waals surface area contributed by atoms with Crippen molar-refractivity contribution in [2.24, 2.45) is 11.8 Å². The molecule has 1 rings (SSSR count). The lowest BCUT2D eigenvalue weighted by molar-refractivity contribution is 0.435. The smallest absolute Gasteiger partial charge is 0.0204 e. The Labute approximate surface area is 94.8 Å². The highest BCUT2D eigenvalue weighted by molar-refractivity contribution is 5.17. The van der Waals surface area contributed by atoms with Gasteiger partial charge in [0.05, 0.1) is 0 Å². The first-order chi connectivity index (χ1) is 7.09. The zero-order valence-corrected chi connectivity index (χ0v) is 10.4. The molecular weight excluding hydrogens is 180 g/mol. The summed E-state index contributed by atoms with van der Waals surface area (Å²) in [5.41, 5.74) is 2.82. The van der Waals surface area contributed by atoms with Crippen LogP contribution in [0.5, 0.6) is 0 Å². The largest absolute Gasteiger partial charge is 0.0958 e. The van der Waals surface area contributed by atoms with Crippen molar-refractivity contribution in [2.75, 3.05) is 0 Å². The molecule has 0 nitrogen and oxygen atoms in total.